The smallest absolute Gasteiger partial charge is 0.159 e. The van der Waals surface area contributed by atoms with Crippen molar-refractivity contribution in [2.45, 2.75) is 0 Å². The summed E-state index contributed by atoms with van der Waals surface area (Å²) in [5, 5.41) is 6.83. The lowest BCUT2D eigenvalue weighted by molar-refractivity contribution is 0.666. The summed E-state index contributed by atoms with van der Waals surface area (Å²) in [7, 11) is 0. The van der Waals surface area contributed by atoms with Gasteiger partial charge in [0.15, 0.2) is 5.58 Å². The van der Waals surface area contributed by atoms with Gasteiger partial charge >= 0.3 is 0 Å². The van der Waals surface area contributed by atoms with Gasteiger partial charge in [-0.15, -0.1) is 0 Å². The molecule has 3 heterocycles. The molecule has 238 valence electrons. The molecule has 51 heavy (non-hydrogen) atoms. The SMILES string of the molecule is c1ccc(-c2ccc3c4ccc(-c5ccccc5)cc4n(-c4cccc5c4oc4cc(-c6cccc7c6oc6ccccc67)ccc45)c3c2)cc1. The van der Waals surface area contributed by atoms with Gasteiger partial charge in [0.25, 0.3) is 0 Å². The van der Waals surface area contributed by atoms with E-state index in [2.05, 4.69) is 168 Å². The first kappa shape index (κ1) is 28.0. The monoisotopic (exact) mass is 651 g/mol. The van der Waals surface area contributed by atoms with Gasteiger partial charge < -0.3 is 13.4 Å². The predicted octanol–water partition coefficient (Wildman–Crippen LogP) is 13.6. The fraction of sp³-hybridized carbons (Fsp3) is 0. The molecule has 3 aromatic heterocycles. The maximum atomic E-state index is 6.92. The Hall–Kier alpha value is -6.84. The molecule has 0 N–H and O–H groups in total. The van der Waals surface area contributed by atoms with Crippen molar-refractivity contribution in [2.24, 2.45) is 0 Å². The molecular weight excluding hydrogens is 623 g/mol. The van der Waals surface area contributed by atoms with Crippen LogP contribution in [0.25, 0.3) is 105 Å². The third-order valence-electron chi connectivity index (χ3n) is 10.4. The van der Waals surface area contributed by atoms with Crippen molar-refractivity contribution in [3.63, 3.8) is 0 Å². The second-order valence-corrected chi connectivity index (χ2v) is 13.3. The minimum absolute atomic E-state index is 0.846. The summed E-state index contributed by atoms with van der Waals surface area (Å²) in [5.41, 5.74) is 13.6. The largest absolute Gasteiger partial charge is 0.455 e. The molecule has 0 radical (unpaired) electrons. The fourth-order valence-corrected chi connectivity index (χ4v) is 8.00. The lowest BCUT2D eigenvalue weighted by Crippen LogP contribution is -1.95. The molecule has 0 unspecified atom stereocenters. The molecule has 3 heteroatoms. The second-order valence-electron chi connectivity index (χ2n) is 13.3. The summed E-state index contributed by atoms with van der Waals surface area (Å²) in [6, 6.07) is 62.5. The molecule has 3 nitrogen and oxygen atoms in total. The van der Waals surface area contributed by atoms with Crippen LogP contribution in [0.15, 0.2) is 185 Å². The average molecular weight is 652 g/mol. The molecule has 0 saturated carbocycles. The van der Waals surface area contributed by atoms with E-state index in [0.29, 0.717) is 0 Å². The Labute approximate surface area is 293 Å². The normalized spacial score (nSPS) is 11.9. The van der Waals surface area contributed by atoms with Crippen molar-refractivity contribution in [1.29, 1.82) is 0 Å². The zero-order chi connectivity index (χ0) is 33.5. The van der Waals surface area contributed by atoms with Crippen LogP contribution in [0, 0.1) is 0 Å². The third kappa shape index (κ3) is 4.25. The van der Waals surface area contributed by atoms with Crippen LogP contribution in [-0.4, -0.2) is 4.57 Å². The van der Waals surface area contributed by atoms with Crippen LogP contribution in [0.5, 0.6) is 0 Å². The second kappa shape index (κ2) is 10.8. The van der Waals surface area contributed by atoms with Gasteiger partial charge in [0.05, 0.1) is 16.7 Å². The molecule has 0 aliphatic heterocycles. The Kier molecular flexibility index (Phi) is 5.96. The Morgan fingerprint density at radius 2 is 0.843 bits per heavy atom. The maximum Gasteiger partial charge on any atom is 0.159 e. The van der Waals surface area contributed by atoms with Gasteiger partial charge in [0.1, 0.15) is 16.7 Å². The number of rotatable bonds is 4. The molecule has 0 atom stereocenters. The Bertz CT molecular complexity index is 3030. The van der Waals surface area contributed by atoms with Crippen LogP contribution in [0.3, 0.4) is 0 Å². The van der Waals surface area contributed by atoms with Gasteiger partial charge in [-0.2, -0.15) is 0 Å². The van der Waals surface area contributed by atoms with Crippen molar-refractivity contribution in [3.05, 3.63) is 176 Å². The number of hydrogen-bond donors (Lipinski definition) is 0. The van der Waals surface area contributed by atoms with E-state index in [9.17, 15) is 0 Å². The zero-order valence-electron chi connectivity index (χ0n) is 27.5. The summed E-state index contributed by atoms with van der Waals surface area (Å²) >= 11 is 0. The summed E-state index contributed by atoms with van der Waals surface area (Å²) in [5.74, 6) is 0. The lowest BCUT2D eigenvalue weighted by atomic mass is 10.0. The van der Waals surface area contributed by atoms with Gasteiger partial charge in [0.2, 0.25) is 0 Å². The van der Waals surface area contributed by atoms with E-state index in [1.54, 1.807) is 0 Å². The van der Waals surface area contributed by atoms with E-state index in [4.69, 9.17) is 8.83 Å². The number of hydrogen-bond acceptors (Lipinski definition) is 2. The fourth-order valence-electron chi connectivity index (χ4n) is 8.00. The summed E-state index contributed by atoms with van der Waals surface area (Å²) in [6.45, 7) is 0. The summed E-state index contributed by atoms with van der Waals surface area (Å²) in [6.07, 6.45) is 0. The maximum absolute atomic E-state index is 6.92. The molecule has 0 aliphatic rings. The minimum atomic E-state index is 0.846. The molecule has 0 saturated heterocycles. The third-order valence-corrected chi connectivity index (χ3v) is 10.4. The molecule has 0 spiro atoms. The molecule has 0 aliphatic carbocycles. The van der Waals surface area contributed by atoms with Gasteiger partial charge in [-0.3, -0.25) is 0 Å². The quantitative estimate of drug-likeness (QED) is 0.190. The average Bonchev–Trinajstić information content (AvgIpc) is 3.87. The number of nitrogens with zero attached hydrogens (tertiary/aromatic N) is 1. The van der Waals surface area contributed by atoms with E-state index in [1.165, 1.54) is 33.0 Å². The molecule has 0 fully saturated rings. The molecular formula is C48H29NO2. The van der Waals surface area contributed by atoms with Crippen LogP contribution >= 0.6 is 0 Å². The number of furan rings is 2. The first-order valence-electron chi connectivity index (χ1n) is 17.3. The number of aromatic nitrogens is 1. The van der Waals surface area contributed by atoms with E-state index in [1.807, 2.05) is 12.1 Å². The van der Waals surface area contributed by atoms with Crippen LogP contribution in [0.4, 0.5) is 0 Å². The van der Waals surface area contributed by atoms with Crippen LogP contribution < -0.4 is 0 Å². The summed E-state index contributed by atoms with van der Waals surface area (Å²) < 4.78 is 15.7. The highest BCUT2D eigenvalue weighted by molar-refractivity contribution is 6.15. The minimum Gasteiger partial charge on any atom is -0.455 e. The van der Waals surface area contributed by atoms with E-state index >= 15 is 0 Å². The highest BCUT2D eigenvalue weighted by Gasteiger charge is 2.20. The van der Waals surface area contributed by atoms with Crippen molar-refractivity contribution < 1.29 is 8.83 Å². The van der Waals surface area contributed by atoms with Crippen molar-refractivity contribution >= 4 is 65.7 Å². The van der Waals surface area contributed by atoms with E-state index < -0.39 is 0 Å². The van der Waals surface area contributed by atoms with Crippen LogP contribution in [0.2, 0.25) is 0 Å². The number of fused-ring (bicyclic) bond motifs is 9. The Morgan fingerprint density at radius 1 is 0.314 bits per heavy atom. The topological polar surface area (TPSA) is 31.2 Å². The Morgan fingerprint density at radius 3 is 1.55 bits per heavy atom. The molecule has 11 rings (SSSR count). The highest BCUT2D eigenvalue weighted by Crippen LogP contribution is 2.42. The van der Waals surface area contributed by atoms with Gasteiger partial charge in [-0.05, 0) is 64.2 Å². The van der Waals surface area contributed by atoms with Crippen molar-refractivity contribution in [2.75, 3.05) is 0 Å². The first-order chi connectivity index (χ1) is 25.3. The number of para-hydroxylation sites is 3. The lowest BCUT2D eigenvalue weighted by Gasteiger charge is -2.10. The Balaban J connectivity index is 1.16. The van der Waals surface area contributed by atoms with Gasteiger partial charge in [0, 0.05) is 37.9 Å². The van der Waals surface area contributed by atoms with E-state index in [-0.39, 0.29) is 0 Å². The van der Waals surface area contributed by atoms with Crippen LogP contribution in [0.1, 0.15) is 0 Å². The van der Waals surface area contributed by atoms with Crippen LogP contribution in [-0.2, 0) is 0 Å². The molecule has 0 bridgehead atoms. The highest BCUT2D eigenvalue weighted by atomic mass is 16.3. The van der Waals surface area contributed by atoms with Gasteiger partial charge in [-0.25, -0.2) is 0 Å². The first-order valence-corrected chi connectivity index (χ1v) is 17.3. The van der Waals surface area contributed by atoms with Gasteiger partial charge in [-0.1, -0.05) is 140 Å². The molecule has 8 aromatic carbocycles. The summed E-state index contributed by atoms with van der Waals surface area (Å²) in [4.78, 5) is 0. The molecule has 11 aromatic rings. The van der Waals surface area contributed by atoms with E-state index in [0.717, 1.165) is 71.7 Å². The standard InChI is InChI=1S/C48H29NO2/c1-3-11-30(12-4-1)32-21-24-36-37-25-22-33(31-13-5-2-6-14-31)28-44(37)49(43(36)27-32)42-19-10-18-41-39-26-23-34(29-46(39)51-48(41)42)35-16-9-17-40-38-15-7-8-20-45(38)50-47(35)40/h1-29H. The zero-order valence-corrected chi connectivity index (χ0v) is 27.5. The van der Waals surface area contributed by atoms with Crippen molar-refractivity contribution in [3.8, 4) is 39.1 Å². The molecule has 0 amide bonds. The van der Waals surface area contributed by atoms with Crippen molar-refractivity contribution in [1.82, 2.24) is 4.57 Å². The number of benzene rings is 8. The predicted molar refractivity (Wildman–Crippen MR) is 212 cm³/mol.